The predicted octanol–water partition coefficient (Wildman–Crippen LogP) is 3.08. The van der Waals surface area contributed by atoms with Gasteiger partial charge in [-0.1, -0.05) is 23.7 Å². The SMILES string of the molecule is Cc1nn(Cc2nnc(Cc3ccc(Cl)cc3)o2)c(C)c1[N+](=O)[O-]. The number of rotatable bonds is 5. The van der Waals surface area contributed by atoms with Gasteiger partial charge in [0.15, 0.2) is 0 Å². The van der Waals surface area contributed by atoms with E-state index in [2.05, 4.69) is 15.3 Å². The predicted molar refractivity (Wildman–Crippen MR) is 86.0 cm³/mol. The van der Waals surface area contributed by atoms with Crippen LogP contribution in [0.4, 0.5) is 5.69 Å². The molecule has 0 aliphatic carbocycles. The van der Waals surface area contributed by atoms with Gasteiger partial charge >= 0.3 is 5.69 Å². The Labute approximate surface area is 142 Å². The van der Waals surface area contributed by atoms with Gasteiger partial charge in [0.1, 0.15) is 17.9 Å². The molecule has 3 aromatic rings. The van der Waals surface area contributed by atoms with Gasteiger partial charge in [-0.05, 0) is 31.5 Å². The Morgan fingerprint density at radius 3 is 2.50 bits per heavy atom. The molecule has 3 rings (SSSR count). The maximum atomic E-state index is 11.0. The normalized spacial score (nSPS) is 11.0. The second-order valence-corrected chi connectivity index (χ2v) is 5.76. The summed E-state index contributed by atoms with van der Waals surface area (Å²) in [5, 5.41) is 23.8. The third-order valence-corrected chi connectivity index (χ3v) is 3.84. The smallest absolute Gasteiger partial charge is 0.312 e. The minimum atomic E-state index is -0.437. The van der Waals surface area contributed by atoms with E-state index < -0.39 is 4.92 Å². The summed E-state index contributed by atoms with van der Waals surface area (Å²) in [5.74, 6) is 0.808. The molecule has 0 fully saturated rings. The van der Waals surface area contributed by atoms with Crippen LogP contribution in [0, 0.1) is 24.0 Å². The molecule has 1 aromatic carbocycles. The lowest BCUT2D eigenvalue weighted by molar-refractivity contribution is -0.386. The van der Waals surface area contributed by atoms with Gasteiger partial charge in [-0.3, -0.25) is 14.8 Å². The third-order valence-electron chi connectivity index (χ3n) is 3.59. The lowest BCUT2D eigenvalue weighted by Gasteiger charge is -1.99. The molecule has 0 radical (unpaired) electrons. The van der Waals surface area contributed by atoms with E-state index in [1.165, 1.54) is 4.68 Å². The Morgan fingerprint density at radius 1 is 1.21 bits per heavy atom. The van der Waals surface area contributed by atoms with Crippen LogP contribution >= 0.6 is 11.6 Å². The molecular formula is C15H14ClN5O3. The first-order valence-electron chi connectivity index (χ1n) is 7.18. The Balaban J connectivity index is 1.76. The molecule has 0 amide bonds. The molecule has 0 saturated carbocycles. The van der Waals surface area contributed by atoms with Crippen molar-refractivity contribution >= 4 is 17.3 Å². The van der Waals surface area contributed by atoms with E-state index in [4.69, 9.17) is 16.0 Å². The fourth-order valence-electron chi connectivity index (χ4n) is 2.43. The van der Waals surface area contributed by atoms with Gasteiger partial charge in [0, 0.05) is 5.02 Å². The van der Waals surface area contributed by atoms with Crippen LogP contribution in [0.15, 0.2) is 28.7 Å². The number of benzene rings is 1. The van der Waals surface area contributed by atoms with E-state index in [0.717, 1.165) is 5.56 Å². The molecular weight excluding hydrogens is 334 g/mol. The highest BCUT2D eigenvalue weighted by atomic mass is 35.5. The zero-order valence-corrected chi connectivity index (χ0v) is 13.8. The number of halogens is 1. The molecule has 9 heteroatoms. The summed E-state index contributed by atoms with van der Waals surface area (Å²) in [6.45, 7) is 3.43. The van der Waals surface area contributed by atoms with E-state index in [9.17, 15) is 10.1 Å². The molecule has 8 nitrogen and oxygen atoms in total. The molecule has 124 valence electrons. The zero-order valence-electron chi connectivity index (χ0n) is 13.1. The Morgan fingerprint density at radius 2 is 1.88 bits per heavy atom. The first-order valence-corrected chi connectivity index (χ1v) is 7.56. The van der Waals surface area contributed by atoms with Crippen molar-refractivity contribution in [1.29, 1.82) is 0 Å². The minimum absolute atomic E-state index is 0.0101. The van der Waals surface area contributed by atoms with Gasteiger partial charge in [-0.15, -0.1) is 10.2 Å². The lowest BCUT2D eigenvalue weighted by Crippen LogP contribution is -2.04. The Hall–Kier alpha value is -2.74. The molecule has 0 saturated heterocycles. The van der Waals surface area contributed by atoms with Crippen molar-refractivity contribution in [3.63, 3.8) is 0 Å². The fourth-order valence-corrected chi connectivity index (χ4v) is 2.56. The van der Waals surface area contributed by atoms with Crippen molar-refractivity contribution in [2.45, 2.75) is 26.8 Å². The standard InChI is InChI=1S/C15H14ClN5O3/c1-9-15(21(22)23)10(2)20(19-9)8-14-18-17-13(24-14)7-11-3-5-12(16)6-4-11/h3-6H,7-8H2,1-2H3. The summed E-state index contributed by atoms with van der Waals surface area (Å²) >= 11 is 5.85. The van der Waals surface area contributed by atoms with Crippen LogP contribution in [0.25, 0.3) is 0 Å². The number of hydrogen-bond donors (Lipinski definition) is 0. The molecule has 0 unspecified atom stereocenters. The van der Waals surface area contributed by atoms with Crippen molar-refractivity contribution in [1.82, 2.24) is 20.0 Å². The number of nitrogens with zero attached hydrogens (tertiary/aromatic N) is 5. The highest BCUT2D eigenvalue weighted by Gasteiger charge is 2.22. The van der Waals surface area contributed by atoms with Crippen molar-refractivity contribution in [3.8, 4) is 0 Å². The van der Waals surface area contributed by atoms with E-state index >= 15 is 0 Å². The highest BCUT2D eigenvalue weighted by Crippen LogP contribution is 2.22. The van der Waals surface area contributed by atoms with E-state index in [1.54, 1.807) is 26.0 Å². The van der Waals surface area contributed by atoms with Crippen LogP contribution in [-0.4, -0.2) is 24.9 Å². The maximum absolute atomic E-state index is 11.0. The zero-order chi connectivity index (χ0) is 17.3. The summed E-state index contributed by atoms with van der Waals surface area (Å²) in [7, 11) is 0. The molecule has 0 aliphatic rings. The fraction of sp³-hybridized carbons (Fsp3) is 0.267. The number of aromatic nitrogens is 4. The van der Waals surface area contributed by atoms with E-state index in [1.807, 2.05) is 12.1 Å². The average Bonchev–Trinajstić information content (AvgIpc) is 3.06. The minimum Gasteiger partial charge on any atom is -0.423 e. The quantitative estimate of drug-likeness (QED) is 0.519. The molecule has 2 aromatic heterocycles. The van der Waals surface area contributed by atoms with Crippen molar-refractivity contribution in [3.05, 3.63) is 68.1 Å². The Kier molecular flexibility index (Phi) is 4.30. The van der Waals surface area contributed by atoms with Gasteiger partial charge in [-0.25, -0.2) is 0 Å². The van der Waals surface area contributed by atoms with Crippen molar-refractivity contribution < 1.29 is 9.34 Å². The molecule has 0 spiro atoms. The Bertz CT molecular complexity index is 885. The van der Waals surface area contributed by atoms with Crippen molar-refractivity contribution in [2.75, 3.05) is 0 Å². The molecule has 0 aliphatic heterocycles. The summed E-state index contributed by atoms with van der Waals surface area (Å²) in [5.41, 5.74) is 1.82. The van der Waals surface area contributed by atoms with Crippen LogP contribution < -0.4 is 0 Å². The molecule has 0 N–H and O–H groups in total. The van der Waals surface area contributed by atoms with Crippen molar-refractivity contribution in [2.24, 2.45) is 0 Å². The van der Waals surface area contributed by atoms with Gasteiger partial charge in [0.05, 0.1) is 11.3 Å². The number of nitro groups is 1. The molecule has 2 heterocycles. The van der Waals surface area contributed by atoms with Gasteiger partial charge < -0.3 is 4.42 Å². The average molecular weight is 348 g/mol. The number of aryl methyl sites for hydroxylation is 1. The van der Waals surface area contributed by atoms with E-state index in [0.29, 0.717) is 34.6 Å². The van der Waals surface area contributed by atoms with Crippen LogP contribution in [-0.2, 0) is 13.0 Å². The summed E-state index contributed by atoms with van der Waals surface area (Å²) in [4.78, 5) is 10.6. The summed E-state index contributed by atoms with van der Waals surface area (Å²) < 4.78 is 7.09. The molecule has 0 atom stereocenters. The van der Waals surface area contributed by atoms with Crippen LogP contribution in [0.3, 0.4) is 0 Å². The molecule has 24 heavy (non-hydrogen) atoms. The topological polar surface area (TPSA) is 99.9 Å². The van der Waals surface area contributed by atoms with Crippen LogP contribution in [0.5, 0.6) is 0 Å². The van der Waals surface area contributed by atoms with Gasteiger partial charge in [0.2, 0.25) is 11.8 Å². The molecule has 0 bridgehead atoms. The summed E-state index contributed by atoms with van der Waals surface area (Å²) in [6.07, 6.45) is 0.488. The third kappa shape index (κ3) is 3.28. The van der Waals surface area contributed by atoms with Crippen LogP contribution in [0.2, 0.25) is 5.02 Å². The second kappa shape index (κ2) is 6.40. The van der Waals surface area contributed by atoms with Crippen LogP contribution in [0.1, 0.15) is 28.7 Å². The lowest BCUT2D eigenvalue weighted by atomic mass is 10.1. The van der Waals surface area contributed by atoms with E-state index in [-0.39, 0.29) is 12.2 Å². The first kappa shape index (κ1) is 16.1. The summed E-state index contributed by atoms with van der Waals surface area (Å²) in [6, 6.07) is 7.36. The maximum Gasteiger partial charge on any atom is 0.312 e. The number of hydrogen-bond acceptors (Lipinski definition) is 6. The largest absolute Gasteiger partial charge is 0.423 e. The first-order chi connectivity index (χ1) is 11.4. The second-order valence-electron chi connectivity index (χ2n) is 5.33. The van der Waals surface area contributed by atoms with Gasteiger partial charge in [-0.2, -0.15) is 5.10 Å². The van der Waals surface area contributed by atoms with Gasteiger partial charge in [0.25, 0.3) is 0 Å². The highest BCUT2D eigenvalue weighted by molar-refractivity contribution is 6.30. The monoisotopic (exact) mass is 347 g/mol.